The number of aromatic nitrogens is 3. The molecule has 7 heteroatoms. The molecule has 0 spiro atoms. The molecule has 0 saturated carbocycles. The summed E-state index contributed by atoms with van der Waals surface area (Å²) in [5, 5.41) is 8.44. The Morgan fingerprint density at radius 2 is 1.79 bits per heavy atom. The third-order valence-electron chi connectivity index (χ3n) is 5.24. The Bertz CT molecular complexity index is 735. The van der Waals surface area contributed by atoms with Gasteiger partial charge in [0.25, 0.3) is 0 Å². The zero-order valence-electron chi connectivity index (χ0n) is 13.4. The number of alkyl halides is 3. The molecule has 2 aliphatic rings. The fourth-order valence-corrected chi connectivity index (χ4v) is 3.93. The van der Waals surface area contributed by atoms with Gasteiger partial charge in [0.15, 0.2) is 0 Å². The molecular weight excluding hydrogens is 317 g/mol. The third-order valence-corrected chi connectivity index (χ3v) is 5.24. The molecule has 24 heavy (non-hydrogen) atoms. The minimum atomic E-state index is -4.28. The molecule has 0 unspecified atom stereocenters. The zero-order chi connectivity index (χ0) is 16.9. The number of rotatable bonds is 2. The van der Waals surface area contributed by atoms with E-state index in [1.54, 1.807) is 12.1 Å². The van der Waals surface area contributed by atoms with E-state index in [1.165, 1.54) is 12.1 Å². The Labute approximate surface area is 138 Å². The highest BCUT2D eigenvalue weighted by atomic mass is 19.4. The van der Waals surface area contributed by atoms with Crippen LogP contribution in [0.5, 0.6) is 0 Å². The second-order valence-electron chi connectivity index (χ2n) is 6.73. The van der Waals surface area contributed by atoms with Crippen LogP contribution in [0.2, 0.25) is 0 Å². The molecule has 4 rings (SSSR count). The molecular formula is C17H19F3N4. The number of hydrogen-bond donors (Lipinski definition) is 0. The fraction of sp³-hybridized carbons (Fsp3) is 0.529. The van der Waals surface area contributed by atoms with Gasteiger partial charge in [0, 0.05) is 31.6 Å². The molecule has 1 fully saturated rings. The van der Waals surface area contributed by atoms with Crippen LogP contribution in [0.4, 0.5) is 13.2 Å². The second-order valence-corrected chi connectivity index (χ2v) is 6.73. The first kappa shape index (κ1) is 15.6. The number of nitrogens with zero attached hydrogens (tertiary/aromatic N) is 4. The minimum Gasteiger partial charge on any atom is -0.314 e. The van der Waals surface area contributed by atoms with Crippen LogP contribution in [0, 0.1) is 6.92 Å². The van der Waals surface area contributed by atoms with Crippen molar-refractivity contribution in [2.45, 2.75) is 57.5 Å². The van der Waals surface area contributed by atoms with Crippen molar-refractivity contribution in [1.82, 2.24) is 19.7 Å². The van der Waals surface area contributed by atoms with Crippen molar-refractivity contribution in [3.8, 4) is 0 Å². The summed E-state index contributed by atoms with van der Waals surface area (Å²) in [6.45, 7) is 3.52. The van der Waals surface area contributed by atoms with Crippen molar-refractivity contribution in [2.24, 2.45) is 0 Å². The number of aryl methyl sites for hydroxylation is 1. The normalized spacial score (nSPS) is 24.0. The highest BCUT2D eigenvalue weighted by Gasteiger charge is 2.38. The average molecular weight is 336 g/mol. The Balaban J connectivity index is 1.53. The summed E-state index contributed by atoms with van der Waals surface area (Å²) in [5.41, 5.74) is 0.334. The van der Waals surface area contributed by atoms with Gasteiger partial charge in [-0.15, -0.1) is 10.2 Å². The van der Waals surface area contributed by atoms with E-state index in [-0.39, 0.29) is 0 Å². The number of hydrogen-bond acceptors (Lipinski definition) is 3. The maximum Gasteiger partial charge on any atom is 0.416 e. The van der Waals surface area contributed by atoms with Crippen LogP contribution in [0.15, 0.2) is 24.3 Å². The maximum atomic E-state index is 12.7. The van der Waals surface area contributed by atoms with Crippen molar-refractivity contribution in [3.05, 3.63) is 47.0 Å². The van der Waals surface area contributed by atoms with E-state index in [0.717, 1.165) is 43.0 Å². The minimum absolute atomic E-state index is 0.391. The van der Waals surface area contributed by atoms with E-state index in [0.29, 0.717) is 18.6 Å². The third kappa shape index (κ3) is 2.70. The zero-order valence-corrected chi connectivity index (χ0v) is 13.4. The topological polar surface area (TPSA) is 34.0 Å². The Morgan fingerprint density at radius 1 is 1.08 bits per heavy atom. The van der Waals surface area contributed by atoms with Crippen molar-refractivity contribution >= 4 is 0 Å². The molecule has 1 saturated heterocycles. The summed E-state index contributed by atoms with van der Waals surface area (Å²) < 4.78 is 40.3. The van der Waals surface area contributed by atoms with Gasteiger partial charge in [0.1, 0.15) is 11.6 Å². The van der Waals surface area contributed by atoms with Crippen LogP contribution < -0.4 is 0 Å². The maximum absolute atomic E-state index is 12.7. The van der Waals surface area contributed by atoms with E-state index in [9.17, 15) is 13.2 Å². The lowest BCUT2D eigenvalue weighted by molar-refractivity contribution is -0.137. The van der Waals surface area contributed by atoms with Crippen molar-refractivity contribution in [2.75, 3.05) is 0 Å². The summed E-state index contributed by atoms with van der Waals surface area (Å²) >= 11 is 0. The highest BCUT2D eigenvalue weighted by molar-refractivity contribution is 5.25. The molecule has 0 aliphatic carbocycles. The molecule has 2 aliphatic heterocycles. The molecule has 0 N–H and O–H groups in total. The molecule has 2 aromatic rings. The number of fused-ring (bicyclic) bond motifs is 3. The molecule has 0 radical (unpaired) electrons. The van der Waals surface area contributed by atoms with Gasteiger partial charge in [-0.2, -0.15) is 13.2 Å². The van der Waals surface area contributed by atoms with E-state index in [1.807, 2.05) is 6.92 Å². The lowest BCUT2D eigenvalue weighted by atomic mass is 10.1. The second kappa shape index (κ2) is 5.58. The average Bonchev–Trinajstić information content (AvgIpc) is 2.99. The Morgan fingerprint density at radius 3 is 2.50 bits per heavy atom. The van der Waals surface area contributed by atoms with E-state index in [4.69, 9.17) is 0 Å². The van der Waals surface area contributed by atoms with Gasteiger partial charge in [-0.25, -0.2) is 0 Å². The highest BCUT2D eigenvalue weighted by Crippen LogP contribution is 2.33. The molecule has 1 aromatic carbocycles. The van der Waals surface area contributed by atoms with Crippen molar-refractivity contribution in [1.29, 1.82) is 0 Å². The number of halogens is 3. The first-order valence-electron chi connectivity index (χ1n) is 8.22. The Kier molecular flexibility index (Phi) is 3.63. The van der Waals surface area contributed by atoms with Crippen molar-refractivity contribution < 1.29 is 13.2 Å². The van der Waals surface area contributed by atoms with Crippen LogP contribution in [0.25, 0.3) is 0 Å². The molecule has 128 valence electrons. The van der Waals surface area contributed by atoms with E-state index < -0.39 is 11.7 Å². The molecule has 1 aromatic heterocycles. The molecule has 4 nitrogen and oxygen atoms in total. The van der Waals surface area contributed by atoms with Gasteiger partial charge in [-0.3, -0.25) is 4.90 Å². The Hall–Kier alpha value is -1.89. The van der Waals surface area contributed by atoms with Crippen LogP contribution >= 0.6 is 0 Å². The van der Waals surface area contributed by atoms with E-state index in [2.05, 4.69) is 19.7 Å². The van der Waals surface area contributed by atoms with Crippen LogP contribution in [-0.4, -0.2) is 31.7 Å². The predicted molar refractivity (Wildman–Crippen MR) is 82.3 cm³/mol. The molecule has 3 heterocycles. The van der Waals surface area contributed by atoms with Crippen molar-refractivity contribution in [3.63, 3.8) is 0 Å². The summed E-state index contributed by atoms with van der Waals surface area (Å²) in [7, 11) is 0. The van der Waals surface area contributed by atoms with Gasteiger partial charge >= 0.3 is 6.18 Å². The standard InChI is InChI=1S/C17H19F3N4/c1-11-21-22-16-8-14-6-7-15(10-23(11)16)24(14)9-12-2-4-13(5-3-12)17(18,19)20/h2-5,14-15H,6-10H2,1H3/t14-,15+/m0/s1. The number of benzene rings is 1. The van der Waals surface area contributed by atoms with Gasteiger partial charge in [-0.1, -0.05) is 12.1 Å². The van der Waals surface area contributed by atoms with Gasteiger partial charge < -0.3 is 4.57 Å². The van der Waals surface area contributed by atoms with Crippen LogP contribution in [0.3, 0.4) is 0 Å². The molecule has 2 atom stereocenters. The lowest BCUT2D eigenvalue weighted by Gasteiger charge is -2.27. The first-order chi connectivity index (χ1) is 11.4. The molecule has 2 bridgehead atoms. The quantitative estimate of drug-likeness (QED) is 0.845. The first-order valence-corrected chi connectivity index (χ1v) is 8.22. The summed E-state index contributed by atoms with van der Waals surface area (Å²) in [6, 6.07) is 6.33. The van der Waals surface area contributed by atoms with Gasteiger partial charge in [0.2, 0.25) is 0 Å². The van der Waals surface area contributed by atoms with Crippen LogP contribution in [0.1, 0.15) is 35.6 Å². The van der Waals surface area contributed by atoms with Gasteiger partial charge in [0.05, 0.1) is 5.56 Å². The summed E-state index contributed by atoms with van der Waals surface area (Å²) in [5.74, 6) is 1.96. The lowest BCUT2D eigenvalue weighted by Crippen LogP contribution is -2.36. The monoisotopic (exact) mass is 336 g/mol. The summed E-state index contributed by atoms with van der Waals surface area (Å²) in [6.07, 6.45) is -1.20. The van der Waals surface area contributed by atoms with E-state index >= 15 is 0 Å². The SMILES string of the molecule is Cc1nnc2n1C[C@H]1CC[C@@H](C2)N1Cc1ccc(C(F)(F)F)cc1. The smallest absolute Gasteiger partial charge is 0.314 e. The largest absolute Gasteiger partial charge is 0.416 e. The fourth-order valence-electron chi connectivity index (χ4n) is 3.93. The predicted octanol–water partition coefficient (Wildman–Crippen LogP) is 3.19. The van der Waals surface area contributed by atoms with Crippen LogP contribution in [-0.2, 0) is 25.7 Å². The molecule has 0 amide bonds. The summed E-state index contributed by atoms with van der Waals surface area (Å²) in [4.78, 5) is 2.43. The van der Waals surface area contributed by atoms with Gasteiger partial charge in [-0.05, 0) is 37.5 Å².